The fourth-order valence-corrected chi connectivity index (χ4v) is 3.63. The lowest BCUT2D eigenvalue weighted by Gasteiger charge is -2.35. The van der Waals surface area contributed by atoms with Crippen molar-refractivity contribution in [3.63, 3.8) is 0 Å². The maximum absolute atomic E-state index is 12.4. The van der Waals surface area contributed by atoms with Gasteiger partial charge < -0.3 is 15.1 Å². The number of piperidine rings is 1. The standard InChI is InChI=1S/C20H20BrN3O5/c1-2-20(10-9-16(25)24-19(20)28)12-3-5-13(6-4-12)23-17(26)11-22-18(27)14-7-8-15(21)29-14/h3-8H,2,9-11H2,1H3,(H,22,27)(H,23,26)(H,24,25,28). The van der Waals surface area contributed by atoms with E-state index in [9.17, 15) is 19.2 Å². The second-order valence-electron chi connectivity index (χ2n) is 6.72. The third-order valence-electron chi connectivity index (χ3n) is 5.00. The molecule has 1 aromatic carbocycles. The molecule has 0 radical (unpaired) electrons. The van der Waals surface area contributed by atoms with Crippen molar-refractivity contribution in [1.82, 2.24) is 10.6 Å². The van der Waals surface area contributed by atoms with Crippen LogP contribution in [0.15, 0.2) is 45.5 Å². The summed E-state index contributed by atoms with van der Waals surface area (Å²) in [6.45, 7) is 1.69. The van der Waals surface area contributed by atoms with E-state index in [1.165, 1.54) is 6.07 Å². The predicted molar refractivity (Wildman–Crippen MR) is 108 cm³/mol. The highest BCUT2D eigenvalue weighted by molar-refractivity contribution is 9.10. The Kier molecular flexibility index (Phi) is 6.17. The number of imide groups is 1. The van der Waals surface area contributed by atoms with Crippen molar-refractivity contribution in [2.24, 2.45) is 0 Å². The molecule has 0 saturated carbocycles. The van der Waals surface area contributed by atoms with E-state index in [2.05, 4.69) is 31.9 Å². The minimum atomic E-state index is -0.748. The molecule has 1 unspecified atom stereocenters. The number of furan rings is 1. The lowest BCUT2D eigenvalue weighted by molar-refractivity contribution is -0.138. The predicted octanol–water partition coefficient (Wildman–Crippen LogP) is 2.50. The van der Waals surface area contributed by atoms with Gasteiger partial charge in [-0.25, -0.2) is 0 Å². The molecule has 0 spiro atoms. The maximum atomic E-state index is 12.4. The van der Waals surface area contributed by atoms with E-state index < -0.39 is 17.2 Å². The summed E-state index contributed by atoms with van der Waals surface area (Å²) < 4.78 is 5.55. The van der Waals surface area contributed by atoms with Crippen LogP contribution in [-0.4, -0.2) is 30.2 Å². The zero-order valence-electron chi connectivity index (χ0n) is 15.7. The fraction of sp³-hybridized carbons (Fsp3) is 0.300. The summed E-state index contributed by atoms with van der Waals surface area (Å²) in [4.78, 5) is 47.9. The van der Waals surface area contributed by atoms with E-state index in [4.69, 9.17) is 4.42 Å². The molecule has 1 saturated heterocycles. The van der Waals surface area contributed by atoms with Gasteiger partial charge >= 0.3 is 0 Å². The van der Waals surface area contributed by atoms with E-state index in [0.717, 1.165) is 5.56 Å². The summed E-state index contributed by atoms with van der Waals surface area (Å²) in [7, 11) is 0. The van der Waals surface area contributed by atoms with Crippen LogP contribution < -0.4 is 16.0 Å². The van der Waals surface area contributed by atoms with Crippen LogP contribution in [0.3, 0.4) is 0 Å². The Morgan fingerprint density at radius 3 is 2.48 bits per heavy atom. The lowest BCUT2D eigenvalue weighted by Crippen LogP contribution is -2.51. The summed E-state index contributed by atoms with van der Waals surface area (Å²) in [5, 5.41) is 7.57. The molecule has 1 atom stereocenters. The minimum absolute atomic E-state index is 0.100. The molecule has 0 aliphatic carbocycles. The average molecular weight is 462 g/mol. The molecule has 9 heteroatoms. The number of benzene rings is 1. The van der Waals surface area contributed by atoms with Crippen LogP contribution in [0.5, 0.6) is 0 Å². The number of hydrogen-bond acceptors (Lipinski definition) is 5. The molecule has 1 aromatic heterocycles. The molecule has 0 bridgehead atoms. The molecule has 29 heavy (non-hydrogen) atoms. The lowest BCUT2D eigenvalue weighted by atomic mass is 9.72. The smallest absolute Gasteiger partial charge is 0.287 e. The Labute approximate surface area is 175 Å². The number of carbonyl (C=O) groups excluding carboxylic acids is 4. The SMILES string of the molecule is CCC1(c2ccc(NC(=O)CNC(=O)c3ccc(Br)o3)cc2)CCC(=O)NC1=O. The number of amides is 4. The summed E-state index contributed by atoms with van der Waals surface area (Å²) >= 11 is 3.11. The number of carbonyl (C=O) groups is 4. The maximum Gasteiger partial charge on any atom is 0.287 e. The molecule has 4 amide bonds. The number of hydrogen-bond donors (Lipinski definition) is 3. The topological polar surface area (TPSA) is 118 Å². The van der Waals surface area contributed by atoms with E-state index in [1.54, 1.807) is 30.3 Å². The molecule has 152 valence electrons. The van der Waals surface area contributed by atoms with Crippen LogP contribution in [0.4, 0.5) is 5.69 Å². The Balaban J connectivity index is 1.60. The van der Waals surface area contributed by atoms with Crippen LogP contribution in [0, 0.1) is 0 Å². The van der Waals surface area contributed by atoms with Crippen LogP contribution in [0.25, 0.3) is 0 Å². The van der Waals surface area contributed by atoms with Gasteiger partial charge in [-0.3, -0.25) is 24.5 Å². The molecule has 1 fully saturated rings. The zero-order valence-corrected chi connectivity index (χ0v) is 17.3. The fourth-order valence-electron chi connectivity index (χ4n) is 3.33. The van der Waals surface area contributed by atoms with Crippen molar-refractivity contribution in [3.05, 3.63) is 52.4 Å². The van der Waals surface area contributed by atoms with Crippen molar-refractivity contribution in [2.75, 3.05) is 11.9 Å². The summed E-state index contributed by atoms with van der Waals surface area (Å²) in [5.41, 5.74) is 0.578. The first-order chi connectivity index (χ1) is 13.8. The van der Waals surface area contributed by atoms with Crippen molar-refractivity contribution in [3.8, 4) is 0 Å². The average Bonchev–Trinajstić information content (AvgIpc) is 3.14. The second-order valence-corrected chi connectivity index (χ2v) is 7.51. The van der Waals surface area contributed by atoms with Crippen LogP contribution in [0.1, 0.15) is 42.3 Å². The van der Waals surface area contributed by atoms with Gasteiger partial charge in [0, 0.05) is 12.1 Å². The first kappa shape index (κ1) is 20.8. The summed E-state index contributed by atoms with van der Waals surface area (Å²) in [6, 6.07) is 10.0. The Hall–Kier alpha value is -2.94. The Morgan fingerprint density at radius 1 is 1.17 bits per heavy atom. The van der Waals surface area contributed by atoms with E-state index in [0.29, 0.717) is 29.6 Å². The highest BCUT2D eigenvalue weighted by Gasteiger charge is 2.42. The molecule has 1 aliphatic heterocycles. The number of rotatable bonds is 6. The van der Waals surface area contributed by atoms with Gasteiger partial charge in [-0.15, -0.1) is 0 Å². The van der Waals surface area contributed by atoms with Gasteiger partial charge in [0.25, 0.3) is 5.91 Å². The Morgan fingerprint density at radius 2 is 1.90 bits per heavy atom. The van der Waals surface area contributed by atoms with Crippen molar-refractivity contribution >= 4 is 45.2 Å². The molecule has 2 heterocycles. The third kappa shape index (κ3) is 4.56. The molecule has 1 aliphatic rings. The van der Waals surface area contributed by atoms with Gasteiger partial charge in [-0.2, -0.15) is 0 Å². The van der Waals surface area contributed by atoms with E-state index in [-0.39, 0.29) is 24.1 Å². The first-order valence-electron chi connectivity index (χ1n) is 9.12. The van der Waals surface area contributed by atoms with Gasteiger partial charge in [0.2, 0.25) is 17.7 Å². The van der Waals surface area contributed by atoms with Crippen molar-refractivity contribution in [2.45, 2.75) is 31.6 Å². The number of nitrogens with one attached hydrogen (secondary N) is 3. The van der Waals surface area contributed by atoms with E-state index in [1.807, 2.05) is 6.92 Å². The van der Waals surface area contributed by atoms with Gasteiger partial charge in [0.15, 0.2) is 10.4 Å². The molecular weight excluding hydrogens is 442 g/mol. The monoisotopic (exact) mass is 461 g/mol. The second kappa shape index (κ2) is 8.60. The van der Waals surface area contributed by atoms with Crippen LogP contribution in [0.2, 0.25) is 0 Å². The zero-order chi connectivity index (χ0) is 21.0. The quantitative estimate of drug-likeness (QED) is 0.571. The molecule has 2 aromatic rings. The van der Waals surface area contributed by atoms with Gasteiger partial charge in [0.05, 0.1) is 12.0 Å². The Bertz CT molecular complexity index is 953. The molecule has 8 nitrogen and oxygen atoms in total. The first-order valence-corrected chi connectivity index (χ1v) is 9.91. The minimum Gasteiger partial charge on any atom is -0.444 e. The molecule has 3 N–H and O–H groups in total. The normalized spacial score (nSPS) is 18.8. The van der Waals surface area contributed by atoms with E-state index >= 15 is 0 Å². The highest BCUT2D eigenvalue weighted by atomic mass is 79.9. The summed E-state index contributed by atoms with van der Waals surface area (Å²) in [6.07, 6.45) is 1.31. The van der Waals surface area contributed by atoms with Gasteiger partial charge in [-0.1, -0.05) is 19.1 Å². The number of anilines is 1. The van der Waals surface area contributed by atoms with Crippen molar-refractivity contribution < 1.29 is 23.6 Å². The summed E-state index contributed by atoms with van der Waals surface area (Å²) in [5.74, 6) is -1.35. The van der Waals surface area contributed by atoms with Crippen LogP contribution >= 0.6 is 15.9 Å². The van der Waals surface area contributed by atoms with Crippen molar-refractivity contribution in [1.29, 1.82) is 0 Å². The molecule has 3 rings (SSSR count). The third-order valence-corrected chi connectivity index (χ3v) is 5.42. The molecular formula is C20H20BrN3O5. The van der Waals surface area contributed by atoms with Crippen LogP contribution in [-0.2, 0) is 19.8 Å². The highest BCUT2D eigenvalue weighted by Crippen LogP contribution is 2.36. The van der Waals surface area contributed by atoms with Gasteiger partial charge in [0.1, 0.15) is 0 Å². The van der Waals surface area contributed by atoms with Gasteiger partial charge in [-0.05, 0) is 58.6 Å². The largest absolute Gasteiger partial charge is 0.444 e. The number of halogens is 1.